The van der Waals surface area contributed by atoms with Crippen molar-refractivity contribution in [3.05, 3.63) is 12.0 Å². The minimum absolute atomic E-state index is 0.181. The van der Waals surface area contributed by atoms with Crippen molar-refractivity contribution in [2.75, 3.05) is 26.2 Å². The zero-order valence-corrected chi connectivity index (χ0v) is 12.4. The summed E-state index contributed by atoms with van der Waals surface area (Å²) in [7, 11) is -3.44. The second kappa shape index (κ2) is 6.02. The first-order valence-corrected chi connectivity index (χ1v) is 8.24. The number of hydrogen-bond donors (Lipinski definition) is 1. The smallest absolute Gasteiger partial charge is 0.262 e. The molecule has 0 atom stereocenters. The van der Waals surface area contributed by atoms with E-state index < -0.39 is 10.0 Å². The second-order valence-electron chi connectivity index (χ2n) is 4.83. The maximum atomic E-state index is 12.5. The molecule has 0 bridgehead atoms. The van der Waals surface area contributed by atoms with E-state index in [9.17, 15) is 8.42 Å². The van der Waals surface area contributed by atoms with Crippen LogP contribution in [0.25, 0.3) is 0 Å². The van der Waals surface area contributed by atoms with Crippen LogP contribution in [0.3, 0.4) is 0 Å². The summed E-state index contributed by atoms with van der Waals surface area (Å²) in [5, 5.41) is 3.39. The average molecular weight is 286 g/mol. The van der Waals surface area contributed by atoms with Crippen LogP contribution in [0.2, 0.25) is 0 Å². The lowest BCUT2D eigenvalue weighted by molar-refractivity contribution is 0.430. The largest absolute Gasteiger partial charge is 0.334 e. The van der Waals surface area contributed by atoms with Crippen LogP contribution in [0.5, 0.6) is 0 Å². The van der Waals surface area contributed by atoms with Crippen molar-refractivity contribution >= 4 is 10.0 Å². The third-order valence-electron chi connectivity index (χ3n) is 3.32. The van der Waals surface area contributed by atoms with E-state index in [0.29, 0.717) is 19.6 Å². The van der Waals surface area contributed by atoms with Gasteiger partial charge in [0.15, 0.2) is 5.03 Å². The SMILES string of the molecule is CCCn1cc(S(=O)(=O)N2CCCNCC2)nc1C. The standard InChI is InChI=1S/C12H22N4O2S/c1-3-7-15-10-12(14-11(15)2)19(17,18)16-8-4-5-13-6-9-16/h10,13H,3-9H2,1-2H3. The van der Waals surface area contributed by atoms with Crippen molar-refractivity contribution in [1.82, 2.24) is 19.2 Å². The van der Waals surface area contributed by atoms with E-state index in [1.54, 1.807) is 6.20 Å². The molecular formula is C12H22N4O2S. The van der Waals surface area contributed by atoms with Gasteiger partial charge in [-0.3, -0.25) is 0 Å². The normalized spacial score (nSPS) is 18.4. The number of hydrogen-bond acceptors (Lipinski definition) is 4. The molecule has 1 aliphatic heterocycles. The molecule has 2 rings (SSSR count). The van der Waals surface area contributed by atoms with E-state index >= 15 is 0 Å². The minimum atomic E-state index is -3.44. The van der Waals surface area contributed by atoms with E-state index in [1.807, 2.05) is 11.5 Å². The quantitative estimate of drug-likeness (QED) is 0.879. The molecule has 0 aliphatic carbocycles. The van der Waals surface area contributed by atoms with Gasteiger partial charge in [0.25, 0.3) is 10.0 Å². The van der Waals surface area contributed by atoms with Gasteiger partial charge in [-0.25, -0.2) is 13.4 Å². The van der Waals surface area contributed by atoms with Crippen LogP contribution in [0.1, 0.15) is 25.6 Å². The second-order valence-corrected chi connectivity index (χ2v) is 6.71. The molecule has 19 heavy (non-hydrogen) atoms. The summed E-state index contributed by atoms with van der Waals surface area (Å²) >= 11 is 0. The molecule has 6 nitrogen and oxygen atoms in total. The van der Waals surface area contributed by atoms with Gasteiger partial charge in [-0.15, -0.1) is 0 Å². The number of sulfonamides is 1. The van der Waals surface area contributed by atoms with E-state index in [0.717, 1.165) is 31.8 Å². The molecule has 0 spiro atoms. The Morgan fingerprint density at radius 2 is 2.16 bits per heavy atom. The highest BCUT2D eigenvalue weighted by atomic mass is 32.2. The lowest BCUT2D eigenvalue weighted by Crippen LogP contribution is -2.34. The van der Waals surface area contributed by atoms with Crippen molar-refractivity contribution in [3.63, 3.8) is 0 Å². The number of aromatic nitrogens is 2. The summed E-state index contributed by atoms with van der Waals surface area (Å²) < 4.78 is 28.5. The van der Waals surface area contributed by atoms with Gasteiger partial charge in [-0.05, 0) is 26.3 Å². The highest BCUT2D eigenvalue weighted by Gasteiger charge is 2.27. The van der Waals surface area contributed by atoms with Gasteiger partial charge in [-0.2, -0.15) is 4.31 Å². The molecule has 1 aromatic heterocycles. The molecule has 1 saturated heterocycles. The van der Waals surface area contributed by atoms with Crippen LogP contribution in [0.4, 0.5) is 0 Å². The maximum Gasteiger partial charge on any atom is 0.262 e. The van der Waals surface area contributed by atoms with Crippen LogP contribution < -0.4 is 5.32 Å². The summed E-state index contributed by atoms with van der Waals surface area (Å²) in [5.74, 6) is 0.758. The summed E-state index contributed by atoms with van der Waals surface area (Å²) in [6.07, 6.45) is 3.46. The Hall–Kier alpha value is -0.920. The van der Waals surface area contributed by atoms with Crippen LogP contribution in [0, 0.1) is 6.92 Å². The van der Waals surface area contributed by atoms with Gasteiger partial charge in [0.2, 0.25) is 0 Å². The number of imidazole rings is 1. The fourth-order valence-corrected chi connectivity index (χ4v) is 3.74. The van der Waals surface area contributed by atoms with Gasteiger partial charge in [0.1, 0.15) is 5.82 Å². The number of aryl methyl sites for hydroxylation is 2. The molecule has 1 N–H and O–H groups in total. The van der Waals surface area contributed by atoms with Crippen molar-refractivity contribution in [1.29, 1.82) is 0 Å². The summed E-state index contributed by atoms with van der Waals surface area (Å²) in [6, 6.07) is 0. The molecule has 1 fully saturated rings. The Labute approximate surface area is 114 Å². The zero-order valence-electron chi connectivity index (χ0n) is 11.6. The topological polar surface area (TPSA) is 67.2 Å². The lowest BCUT2D eigenvalue weighted by atomic mass is 10.4. The minimum Gasteiger partial charge on any atom is -0.334 e. The van der Waals surface area contributed by atoms with Crippen molar-refractivity contribution < 1.29 is 8.42 Å². The Kier molecular flexibility index (Phi) is 4.59. The van der Waals surface area contributed by atoms with E-state index in [-0.39, 0.29) is 5.03 Å². The highest BCUT2D eigenvalue weighted by molar-refractivity contribution is 7.89. The third-order valence-corrected chi connectivity index (χ3v) is 5.09. The molecule has 0 radical (unpaired) electrons. The van der Waals surface area contributed by atoms with E-state index in [4.69, 9.17) is 0 Å². The van der Waals surface area contributed by atoms with E-state index in [2.05, 4.69) is 17.2 Å². The summed E-state index contributed by atoms with van der Waals surface area (Å²) in [4.78, 5) is 4.22. The van der Waals surface area contributed by atoms with E-state index in [1.165, 1.54) is 4.31 Å². The Balaban J connectivity index is 2.25. The van der Waals surface area contributed by atoms with Gasteiger partial charge in [0.05, 0.1) is 0 Å². The first-order chi connectivity index (χ1) is 9.05. The van der Waals surface area contributed by atoms with Gasteiger partial charge in [0, 0.05) is 32.4 Å². The van der Waals surface area contributed by atoms with Crippen LogP contribution in [0.15, 0.2) is 11.2 Å². The molecule has 2 heterocycles. The monoisotopic (exact) mass is 286 g/mol. The first kappa shape index (κ1) is 14.5. The molecule has 1 aliphatic rings. The predicted octanol–water partition coefficient (Wildman–Crippen LogP) is 0.586. The molecule has 0 amide bonds. The van der Waals surface area contributed by atoms with Gasteiger partial charge < -0.3 is 9.88 Å². The Morgan fingerprint density at radius 1 is 1.37 bits per heavy atom. The fraction of sp³-hybridized carbons (Fsp3) is 0.750. The third kappa shape index (κ3) is 3.16. The average Bonchev–Trinajstić information content (AvgIpc) is 2.61. The molecule has 0 aromatic carbocycles. The molecule has 0 saturated carbocycles. The summed E-state index contributed by atoms with van der Waals surface area (Å²) in [6.45, 7) is 7.36. The predicted molar refractivity (Wildman–Crippen MR) is 73.5 cm³/mol. The van der Waals surface area contributed by atoms with Gasteiger partial charge in [-0.1, -0.05) is 6.92 Å². The lowest BCUT2D eigenvalue weighted by Gasteiger charge is -2.17. The van der Waals surface area contributed by atoms with Crippen LogP contribution in [-0.4, -0.2) is 48.5 Å². The molecule has 0 unspecified atom stereocenters. The molecular weight excluding hydrogens is 264 g/mol. The number of nitrogens with one attached hydrogen (secondary N) is 1. The Bertz CT molecular complexity index is 516. The summed E-state index contributed by atoms with van der Waals surface area (Å²) in [5.41, 5.74) is 0. The molecule has 1 aromatic rings. The first-order valence-electron chi connectivity index (χ1n) is 6.80. The molecule has 108 valence electrons. The Morgan fingerprint density at radius 3 is 2.89 bits per heavy atom. The number of nitrogens with zero attached hydrogens (tertiary/aromatic N) is 3. The maximum absolute atomic E-state index is 12.5. The fourth-order valence-electron chi connectivity index (χ4n) is 2.26. The zero-order chi connectivity index (χ0) is 13.9. The highest BCUT2D eigenvalue weighted by Crippen LogP contribution is 2.16. The van der Waals surface area contributed by atoms with Crippen molar-refractivity contribution in [2.45, 2.75) is 38.3 Å². The van der Waals surface area contributed by atoms with Crippen LogP contribution >= 0.6 is 0 Å². The molecule has 7 heteroatoms. The van der Waals surface area contributed by atoms with Crippen molar-refractivity contribution in [3.8, 4) is 0 Å². The van der Waals surface area contributed by atoms with Crippen molar-refractivity contribution in [2.24, 2.45) is 0 Å². The van der Waals surface area contributed by atoms with Gasteiger partial charge >= 0.3 is 0 Å². The van der Waals surface area contributed by atoms with Crippen LogP contribution in [-0.2, 0) is 16.6 Å². The number of rotatable bonds is 4.